The van der Waals surface area contributed by atoms with Gasteiger partial charge in [-0.15, -0.1) is 0 Å². The minimum absolute atomic E-state index is 0.0281. The number of benzene rings is 3. The number of aliphatic hydroxyl groups is 1. The Labute approximate surface area is 236 Å². The van der Waals surface area contributed by atoms with Crippen molar-refractivity contribution in [3.05, 3.63) is 72.3 Å². The van der Waals surface area contributed by atoms with Gasteiger partial charge in [-0.2, -0.15) is 4.31 Å². The number of carbonyl (C=O) groups is 2. The largest absolute Gasteiger partial charge is 0.411 e. The van der Waals surface area contributed by atoms with Crippen LogP contribution in [0.4, 0.5) is 4.79 Å². The second kappa shape index (κ2) is 14.8. The first-order chi connectivity index (χ1) is 19.1. The first kappa shape index (κ1) is 31.1. The van der Waals surface area contributed by atoms with Crippen molar-refractivity contribution in [3.63, 3.8) is 0 Å². The average molecular weight is 570 g/mol. The zero-order valence-electron chi connectivity index (χ0n) is 23.1. The molecular weight excluding hydrogens is 530 g/mol. The highest BCUT2D eigenvalue weighted by Crippen LogP contribution is 2.24. The molecule has 0 saturated carbocycles. The molecule has 0 heterocycles. The molecule has 2 amide bonds. The van der Waals surface area contributed by atoms with Gasteiger partial charge < -0.3 is 20.9 Å². The van der Waals surface area contributed by atoms with Crippen LogP contribution >= 0.6 is 0 Å². The summed E-state index contributed by atoms with van der Waals surface area (Å²) in [4.78, 5) is 23.3. The lowest BCUT2D eigenvalue weighted by Gasteiger charge is -2.31. The van der Waals surface area contributed by atoms with E-state index in [1.54, 1.807) is 0 Å². The number of fused-ring (bicyclic) bond motifs is 1. The zero-order chi connectivity index (χ0) is 29.1. The normalized spacial score (nSPS) is 12.5. The quantitative estimate of drug-likeness (QED) is 0.234. The van der Waals surface area contributed by atoms with Crippen LogP contribution in [0.25, 0.3) is 10.8 Å². The first-order valence-corrected chi connectivity index (χ1v) is 15.0. The number of primary amides is 1. The smallest absolute Gasteiger partial charge is 0.409 e. The maximum absolute atomic E-state index is 13.5. The summed E-state index contributed by atoms with van der Waals surface area (Å²) in [5, 5.41) is 15.4. The molecule has 10 heteroatoms. The molecule has 9 nitrogen and oxygen atoms in total. The molecule has 1 atom stereocenters. The Bertz CT molecular complexity index is 1380. The molecule has 4 N–H and O–H groups in total. The highest BCUT2D eigenvalue weighted by atomic mass is 32.2. The minimum Gasteiger partial charge on any atom is -0.411 e. The van der Waals surface area contributed by atoms with Crippen LogP contribution in [0.3, 0.4) is 0 Å². The molecule has 0 bridgehead atoms. The molecule has 0 aromatic heterocycles. The van der Waals surface area contributed by atoms with Crippen molar-refractivity contribution in [1.29, 1.82) is 0 Å². The molecule has 0 aliphatic carbocycles. The molecule has 1 unspecified atom stereocenters. The van der Waals surface area contributed by atoms with Gasteiger partial charge in [0, 0.05) is 25.6 Å². The molecule has 3 aromatic rings. The average Bonchev–Trinajstić information content (AvgIpc) is 2.92. The molecule has 0 saturated heterocycles. The minimum atomic E-state index is -3.92. The molecule has 0 radical (unpaired) electrons. The van der Waals surface area contributed by atoms with Crippen molar-refractivity contribution in [2.75, 3.05) is 19.7 Å². The van der Waals surface area contributed by atoms with E-state index in [9.17, 15) is 23.1 Å². The maximum atomic E-state index is 13.5. The third kappa shape index (κ3) is 9.04. The van der Waals surface area contributed by atoms with Gasteiger partial charge in [0.05, 0.1) is 11.5 Å². The standard InChI is InChI=1S/C30H39N3O6S/c1-22(2)20-33(40(37,38)28-15-13-27(14-16-28)39-30(31)36)26(21-34)9-5-6-18-32-29(35)17-11-23-10-12-24-7-3-4-8-25(24)19-23/h3-4,7-8,10,12-16,19,22,26,34H,5-6,9,11,17-18,20-21H2,1-2H3,(H2,31,36)(H,32,35). The molecular formula is C30H39N3O6S. The summed E-state index contributed by atoms with van der Waals surface area (Å²) in [6, 6.07) is 19.2. The van der Waals surface area contributed by atoms with Gasteiger partial charge >= 0.3 is 6.09 Å². The van der Waals surface area contributed by atoms with Gasteiger partial charge in [-0.25, -0.2) is 13.2 Å². The Kier molecular flexibility index (Phi) is 11.5. The number of sulfonamides is 1. The molecule has 0 aliphatic heterocycles. The van der Waals surface area contributed by atoms with Gasteiger partial charge in [-0.1, -0.05) is 62.7 Å². The number of hydrogen-bond donors (Lipinski definition) is 3. The van der Waals surface area contributed by atoms with Gasteiger partial charge in [-0.3, -0.25) is 4.79 Å². The third-order valence-corrected chi connectivity index (χ3v) is 8.49. The molecule has 0 aliphatic rings. The fraction of sp³-hybridized carbons (Fsp3) is 0.400. The molecule has 3 aromatic carbocycles. The van der Waals surface area contributed by atoms with Gasteiger partial charge in [0.25, 0.3) is 0 Å². The van der Waals surface area contributed by atoms with E-state index in [0.717, 1.165) is 10.9 Å². The lowest BCUT2D eigenvalue weighted by Crippen LogP contribution is -2.44. The van der Waals surface area contributed by atoms with Crippen LogP contribution in [-0.2, 0) is 21.2 Å². The van der Waals surface area contributed by atoms with Crippen molar-refractivity contribution in [1.82, 2.24) is 9.62 Å². The van der Waals surface area contributed by atoms with E-state index < -0.39 is 22.2 Å². The van der Waals surface area contributed by atoms with Gasteiger partial charge in [-0.05, 0) is 65.8 Å². The van der Waals surface area contributed by atoms with Crippen LogP contribution < -0.4 is 15.8 Å². The van der Waals surface area contributed by atoms with Gasteiger partial charge in [0.15, 0.2) is 0 Å². The Balaban J connectivity index is 1.50. The van der Waals surface area contributed by atoms with Crippen LogP contribution in [0.15, 0.2) is 71.6 Å². The third-order valence-electron chi connectivity index (χ3n) is 6.55. The van der Waals surface area contributed by atoms with Crippen molar-refractivity contribution in [2.45, 2.75) is 56.9 Å². The number of amides is 2. The predicted octanol–water partition coefficient (Wildman–Crippen LogP) is 4.22. The maximum Gasteiger partial charge on any atom is 0.409 e. The number of hydrogen-bond acceptors (Lipinski definition) is 6. The van der Waals surface area contributed by atoms with Crippen molar-refractivity contribution in [2.24, 2.45) is 11.7 Å². The van der Waals surface area contributed by atoms with Gasteiger partial charge in [0.2, 0.25) is 15.9 Å². The van der Waals surface area contributed by atoms with Crippen LogP contribution in [0.2, 0.25) is 0 Å². The summed E-state index contributed by atoms with van der Waals surface area (Å²) in [6.45, 7) is 4.21. The predicted molar refractivity (Wildman–Crippen MR) is 155 cm³/mol. The molecule has 0 spiro atoms. The Hall–Kier alpha value is -3.47. The van der Waals surface area contributed by atoms with Crippen molar-refractivity contribution in [3.8, 4) is 5.75 Å². The number of aryl methyl sites for hydroxylation is 1. The summed E-state index contributed by atoms with van der Waals surface area (Å²) in [7, 11) is -3.92. The summed E-state index contributed by atoms with van der Waals surface area (Å²) < 4.78 is 33.1. The van der Waals surface area contributed by atoms with E-state index in [1.807, 2.05) is 32.0 Å². The highest BCUT2D eigenvalue weighted by Gasteiger charge is 2.31. The van der Waals surface area contributed by atoms with E-state index >= 15 is 0 Å². The summed E-state index contributed by atoms with van der Waals surface area (Å²) in [5.41, 5.74) is 6.12. The Morgan fingerprint density at radius 3 is 2.35 bits per heavy atom. The number of nitrogens with two attached hydrogens (primary N) is 1. The number of carbonyl (C=O) groups excluding carboxylic acids is 2. The lowest BCUT2D eigenvalue weighted by atomic mass is 10.0. The number of unbranched alkanes of at least 4 members (excludes halogenated alkanes) is 1. The van der Waals surface area contributed by atoms with Crippen LogP contribution in [-0.4, -0.2) is 55.6 Å². The number of aliphatic hydroxyl groups excluding tert-OH is 1. The summed E-state index contributed by atoms with van der Waals surface area (Å²) in [5.74, 6) is 0.141. The second-order valence-corrected chi connectivity index (χ2v) is 12.1. The number of ether oxygens (including phenoxy) is 1. The molecule has 0 fully saturated rings. The van der Waals surface area contributed by atoms with Crippen LogP contribution in [0.5, 0.6) is 5.75 Å². The molecule has 216 valence electrons. The van der Waals surface area contributed by atoms with Gasteiger partial charge in [0.1, 0.15) is 5.75 Å². The summed E-state index contributed by atoms with van der Waals surface area (Å²) >= 11 is 0. The Morgan fingerprint density at radius 1 is 1.00 bits per heavy atom. The fourth-order valence-corrected chi connectivity index (χ4v) is 6.34. The monoisotopic (exact) mass is 569 g/mol. The Morgan fingerprint density at radius 2 is 1.70 bits per heavy atom. The zero-order valence-corrected chi connectivity index (χ0v) is 23.9. The first-order valence-electron chi connectivity index (χ1n) is 13.5. The van der Waals surface area contributed by atoms with E-state index in [1.165, 1.54) is 34.0 Å². The summed E-state index contributed by atoms with van der Waals surface area (Å²) in [6.07, 6.45) is 1.79. The van der Waals surface area contributed by atoms with E-state index in [2.05, 4.69) is 29.6 Å². The SMILES string of the molecule is CC(C)CN(C(CO)CCCCNC(=O)CCc1ccc2ccccc2c1)S(=O)(=O)c1ccc(OC(N)=O)cc1. The number of nitrogens with one attached hydrogen (secondary N) is 1. The topological polar surface area (TPSA) is 139 Å². The fourth-order valence-electron chi connectivity index (χ4n) is 4.53. The van der Waals surface area contributed by atoms with E-state index in [0.29, 0.717) is 38.6 Å². The lowest BCUT2D eigenvalue weighted by molar-refractivity contribution is -0.121. The number of nitrogens with zero attached hydrogens (tertiary/aromatic N) is 1. The second-order valence-electron chi connectivity index (χ2n) is 10.2. The van der Waals surface area contributed by atoms with E-state index in [4.69, 9.17) is 10.5 Å². The van der Waals surface area contributed by atoms with Crippen molar-refractivity contribution < 1.29 is 27.9 Å². The van der Waals surface area contributed by atoms with E-state index in [-0.39, 0.29) is 35.6 Å². The highest BCUT2D eigenvalue weighted by molar-refractivity contribution is 7.89. The van der Waals surface area contributed by atoms with Crippen molar-refractivity contribution >= 4 is 32.8 Å². The molecule has 3 rings (SSSR count). The molecule has 40 heavy (non-hydrogen) atoms. The van der Waals surface area contributed by atoms with Crippen LogP contribution in [0.1, 0.15) is 45.1 Å². The van der Waals surface area contributed by atoms with Crippen LogP contribution in [0, 0.1) is 5.92 Å². The number of rotatable bonds is 15.